The van der Waals surface area contributed by atoms with Crippen LogP contribution >= 0.6 is 23.2 Å². The summed E-state index contributed by atoms with van der Waals surface area (Å²) in [6.07, 6.45) is 0. The van der Waals surface area contributed by atoms with Crippen molar-refractivity contribution in [2.24, 2.45) is 0 Å². The molecule has 2 rings (SSSR count). The van der Waals surface area contributed by atoms with Gasteiger partial charge < -0.3 is 10.6 Å². The lowest BCUT2D eigenvalue weighted by Crippen LogP contribution is -2.04. The lowest BCUT2D eigenvalue weighted by atomic mass is 10.3. The quantitative estimate of drug-likeness (QED) is 0.885. The van der Waals surface area contributed by atoms with Crippen molar-refractivity contribution >= 4 is 40.5 Å². The first-order valence-corrected chi connectivity index (χ1v) is 6.65. The second-order valence-electron chi connectivity index (χ2n) is 4.00. The van der Waals surface area contributed by atoms with Crippen molar-refractivity contribution in [3.8, 4) is 0 Å². The first kappa shape index (κ1) is 13.9. The zero-order chi connectivity index (χ0) is 13.8. The maximum atomic E-state index is 5.96. The summed E-state index contributed by atoms with van der Waals surface area (Å²) in [6.45, 7) is 4.66. The molecule has 0 aliphatic rings. The molecule has 6 heteroatoms. The molecular formula is C13H14Cl2N4. The van der Waals surface area contributed by atoms with Crippen LogP contribution in [0.4, 0.5) is 17.3 Å². The second-order valence-corrected chi connectivity index (χ2v) is 4.87. The third-order valence-electron chi connectivity index (χ3n) is 2.33. The molecule has 2 aromatic rings. The Bertz CT molecular complexity index is 567. The topological polar surface area (TPSA) is 49.8 Å². The largest absolute Gasteiger partial charge is 0.370 e. The Labute approximate surface area is 122 Å². The fourth-order valence-electron chi connectivity index (χ4n) is 1.68. The Morgan fingerprint density at radius 3 is 2.26 bits per heavy atom. The molecule has 0 amide bonds. The van der Waals surface area contributed by atoms with Crippen LogP contribution in [0.3, 0.4) is 0 Å². The van der Waals surface area contributed by atoms with E-state index < -0.39 is 0 Å². The minimum absolute atomic E-state index is 0.577. The zero-order valence-corrected chi connectivity index (χ0v) is 12.2. The van der Waals surface area contributed by atoms with Gasteiger partial charge in [-0.3, -0.25) is 0 Å². The van der Waals surface area contributed by atoms with Gasteiger partial charge in [0.25, 0.3) is 0 Å². The Morgan fingerprint density at radius 1 is 1.00 bits per heavy atom. The van der Waals surface area contributed by atoms with Crippen LogP contribution in [-0.4, -0.2) is 16.5 Å². The van der Waals surface area contributed by atoms with Gasteiger partial charge in [-0.1, -0.05) is 23.2 Å². The number of aryl methyl sites for hydroxylation is 1. The summed E-state index contributed by atoms with van der Waals surface area (Å²) in [5.41, 5.74) is 0.790. The Balaban J connectivity index is 2.27. The van der Waals surface area contributed by atoms with Crippen LogP contribution in [0, 0.1) is 6.92 Å². The Morgan fingerprint density at radius 2 is 1.63 bits per heavy atom. The van der Waals surface area contributed by atoms with E-state index >= 15 is 0 Å². The zero-order valence-electron chi connectivity index (χ0n) is 10.7. The Kier molecular flexibility index (Phi) is 4.45. The average Bonchev–Trinajstić information content (AvgIpc) is 2.26. The summed E-state index contributed by atoms with van der Waals surface area (Å²) in [7, 11) is 0. The SMILES string of the molecule is CCNc1cc(Nc2cc(Cl)cc(Cl)c2)nc(C)n1. The van der Waals surface area contributed by atoms with Gasteiger partial charge in [-0.05, 0) is 32.0 Å². The average molecular weight is 297 g/mol. The molecular weight excluding hydrogens is 283 g/mol. The predicted molar refractivity (Wildman–Crippen MR) is 80.7 cm³/mol. The monoisotopic (exact) mass is 296 g/mol. The van der Waals surface area contributed by atoms with Gasteiger partial charge in [0.2, 0.25) is 0 Å². The number of hydrogen-bond donors (Lipinski definition) is 2. The summed E-state index contributed by atoms with van der Waals surface area (Å²) in [5.74, 6) is 2.17. The number of anilines is 3. The van der Waals surface area contributed by atoms with Crippen molar-refractivity contribution < 1.29 is 0 Å². The highest BCUT2D eigenvalue weighted by molar-refractivity contribution is 6.35. The predicted octanol–water partition coefficient (Wildman–Crippen LogP) is 4.27. The molecule has 0 bridgehead atoms. The van der Waals surface area contributed by atoms with Crippen LogP contribution in [0.1, 0.15) is 12.7 Å². The molecule has 0 saturated heterocycles. The van der Waals surface area contributed by atoms with Crippen molar-refractivity contribution in [2.45, 2.75) is 13.8 Å². The minimum atomic E-state index is 0.577. The van der Waals surface area contributed by atoms with E-state index in [1.165, 1.54) is 0 Å². The van der Waals surface area contributed by atoms with Crippen molar-refractivity contribution in [1.29, 1.82) is 0 Å². The summed E-state index contributed by atoms with van der Waals surface area (Å²) in [4.78, 5) is 8.61. The van der Waals surface area contributed by atoms with E-state index in [1.807, 2.05) is 19.9 Å². The molecule has 0 fully saturated rings. The van der Waals surface area contributed by atoms with E-state index in [4.69, 9.17) is 23.2 Å². The van der Waals surface area contributed by atoms with Crippen molar-refractivity contribution in [3.05, 3.63) is 40.1 Å². The van der Waals surface area contributed by atoms with Crippen LogP contribution in [-0.2, 0) is 0 Å². The number of rotatable bonds is 4. The number of halogens is 2. The summed E-state index contributed by atoms with van der Waals surface area (Å²) < 4.78 is 0. The molecule has 1 aromatic carbocycles. The van der Waals surface area contributed by atoms with Gasteiger partial charge in [-0.25, -0.2) is 9.97 Å². The maximum absolute atomic E-state index is 5.96. The van der Waals surface area contributed by atoms with Crippen LogP contribution in [0.2, 0.25) is 10.0 Å². The lowest BCUT2D eigenvalue weighted by molar-refractivity contribution is 1.04. The van der Waals surface area contributed by atoms with E-state index in [0.717, 1.165) is 18.1 Å². The minimum Gasteiger partial charge on any atom is -0.370 e. The van der Waals surface area contributed by atoms with Crippen LogP contribution in [0.5, 0.6) is 0 Å². The fourth-order valence-corrected chi connectivity index (χ4v) is 2.20. The van der Waals surface area contributed by atoms with Crippen LogP contribution < -0.4 is 10.6 Å². The van der Waals surface area contributed by atoms with Gasteiger partial charge in [0.1, 0.15) is 17.5 Å². The maximum Gasteiger partial charge on any atom is 0.136 e. The molecule has 4 nitrogen and oxygen atoms in total. The van der Waals surface area contributed by atoms with E-state index in [2.05, 4.69) is 20.6 Å². The van der Waals surface area contributed by atoms with Crippen LogP contribution in [0.25, 0.3) is 0 Å². The number of benzene rings is 1. The van der Waals surface area contributed by atoms with Crippen molar-refractivity contribution in [2.75, 3.05) is 17.2 Å². The molecule has 0 unspecified atom stereocenters. The second kappa shape index (κ2) is 6.08. The molecule has 19 heavy (non-hydrogen) atoms. The smallest absolute Gasteiger partial charge is 0.136 e. The lowest BCUT2D eigenvalue weighted by Gasteiger charge is -2.09. The highest BCUT2D eigenvalue weighted by Crippen LogP contribution is 2.25. The molecule has 0 saturated carbocycles. The third kappa shape index (κ3) is 3.98. The van der Waals surface area contributed by atoms with Crippen LogP contribution in [0.15, 0.2) is 24.3 Å². The van der Waals surface area contributed by atoms with Crippen molar-refractivity contribution in [1.82, 2.24) is 9.97 Å². The van der Waals surface area contributed by atoms with Gasteiger partial charge in [0.05, 0.1) is 0 Å². The van der Waals surface area contributed by atoms with Gasteiger partial charge in [-0.15, -0.1) is 0 Å². The van der Waals surface area contributed by atoms with Crippen molar-refractivity contribution in [3.63, 3.8) is 0 Å². The normalized spacial score (nSPS) is 10.3. The molecule has 0 aliphatic heterocycles. The highest BCUT2D eigenvalue weighted by atomic mass is 35.5. The molecule has 0 aliphatic carbocycles. The number of nitrogens with one attached hydrogen (secondary N) is 2. The third-order valence-corrected chi connectivity index (χ3v) is 2.77. The molecule has 0 radical (unpaired) electrons. The van der Waals surface area contributed by atoms with Gasteiger partial charge >= 0.3 is 0 Å². The highest BCUT2D eigenvalue weighted by Gasteiger charge is 2.03. The first-order valence-electron chi connectivity index (χ1n) is 5.89. The molecule has 1 aromatic heterocycles. The van der Waals surface area contributed by atoms with Gasteiger partial charge in [0, 0.05) is 28.3 Å². The summed E-state index contributed by atoms with van der Waals surface area (Å²) in [6, 6.07) is 7.10. The Hall–Kier alpha value is -1.52. The number of aromatic nitrogens is 2. The molecule has 2 N–H and O–H groups in total. The summed E-state index contributed by atoms with van der Waals surface area (Å²) >= 11 is 11.9. The van der Waals surface area contributed by atoms with E-state index in [0.29, 0.717) is 21.7 Å². The van der Waals surface area contributed by atoms with Gasteiger partial charge in [-0.2, -0.15) is 0 Å². The van der Waals surface area contributed by atoms with E-state index in [9.17, 15) is 0 Å². The first-order chi connectivity index (χ1) is 9.06. The summed E-state index contributed by atoms with van der Waals surface area (Å²) in [5, 5.41) is 7.47. The molecule has 0 spiro atoms. The number of hydrogen-bond acceptors (Lipinski definition) is 4. The molecule has 0 atom stereocenters. The van der Waals surface area contributed by atoms with E-state index in [-0.39, 0.29) is 0 Å². The fraction of sp³-hybridized carbons (Fsp3) is 0.231. The molecule has 1 heterocycles. The number of nitrogens with zero attached hydrogens (tertiary/aromatic N) is 2. The van der Waals surface area contributed by atoms with Gasteiger partial charge in [0.15, 0.2) is 0 Å². The van der Waals surface area contributed by atoms with E-state index in [1.54, 1.807) is 18.2 Å². The molecule has 100 valence electrons. The standard InChI is InChI=1S/C13H14Cl2N4/c1-3-16-12-7-13(18-8(2)17-12)19-11-5-9(14)4-10(15)6-11/h4-7H,3H2,1-2H3,(H2,16,17,18,19).